The highest BCUT2D eigenvalue weighted by atomic mass is 16.5. The monoisotopic (exact) mass is 330 g/mol. The highest BCUT2D eigenvalue weighted by Crippen LogP contribution is 2.30. The van der Waals surface area contributed by atoms with E-state index in [1.807, 2.05) is 32.9 Å². The molecule has 7 nitrogen and oxygen atoms in total. The van der Waals surface area contributed by atoms with Crippen LogP contribution in [0.25, 0.3) is 0 Å². The molecule has 0 radical (unpaired) electrons. The minimum Gasteiger partial charge on any atom is -0.497 e. The molecule has 7 heteroatoms. The van der Waals surface area contributed by atoms with E-state index in [2.05, 4.69) is 20.8 Å². The van der Waals surface area contributed by atoms with Gasteiger partial charge in [-0.1, -0.05) is 20.8 Å². The van der Waals surface area contributed by atoms with Crippen LogP contribution in [0.15, 0.2) is 30.3 Å². The normalized spacial score (nSPS) is 10.9. The third-order valence-corrected chi connectivity index (χ3v) is 3.26. The van der Waals surface area contributed by atoms with Gasteiger partial charge in [0.15, 0.2) is 11.6 Å². The fourth-order valence-corrected chi connectivity index (χ4v) is 1.81. The summed E-state index contributed by atoms with van der Waals surface area (Å²) in [4.78, 5) is 11.9. The van der Waals surface area contributed by atoms with E-state index in [4.69, 9.17) is 9.47 Å². The Balaban J connectivity index is 2.11. The second-order valence-electron chi connectivity index (χ2n) is 6.20. The number of nitrogens with one attached hydrogen (secondary N) is 2. The number of anilines is 3. The minimum atomic E-state index is -0.491. The summed E-state index contributed by atoms with van der Waals surface area (Å²) >= 11 is 0. The van der Waals surface area contributed by atoms with E-state index in [9.17, 15) is 4.79 Å². The number of hydrogen-bond acceptors (Lipinski definition) is 6. The predicted molar refractivity (Wildman–Crippen MR) is 92.9 cm³/mol. The van der Waals surface area contributed by atoms with Gasteiger partial charge in [0.2, 0.25) is 5.91 Å². The van der Waals surface area contributed by atoms with Gasteiger partial charge < -0.3 is 20.1 Å². The molecule has 1 heterocycles. The van der Waals surface area contributed by atoms with Gasteiger partial charge in [0.05, 0.1) is 19.9 Å². The molecule has 128 valence electrons. The van der Waals surface area contributed by atoms with E-state index in [1.165, 1.54) is 0 Å². The molecule has 1 amide bonds. The standard InChI is InChI=1S/C17H22N4O3/c1-17(2,3)16(22)19-15-9-8-14(20-21-15)18-12-7-6-11(23-4)10-13(12)24-5/h6-10H,1-5H3,(H,18,20)(H,19,21,22). The first kappa shape index (κ1) is 17.5. The highest BCUT2D eigenvalue weighted by Gasteiger charge is 2.21. The number of ether oxygens (including phenoxy) is 2. The zero-order valence-corrected chi connectivity index (χ0v) is 14.5. The van der Waals surface area contributed by atoms with Crippen molar-refractivity contribution in [1.29, 1.82) is 0 Å². The van der Waals surface area contributed by atoms with Crippen molar-refractivity contribution in [3.63, 3.8) is 0 Å². The van der Waals surface area contributed by atoms with Crippen LogP contribution in [0, 0.1) is 5.41 Å². The summed E-state index contributed by atoms with van der Waals surface area (Å²) in [5.41, 5.74) is 0.244. The molecule has 0 bridgehead atoms. The largest absolute Gasteiger partial charge is 0.497 e. The number of carbonyl (C=O) groups excluding carboxylic acids is 1. The molecule has 0 atom stereocenters. The number of hydrogen-bond donors (Lipinski definition) is 2. The number of rotatable bonds is 5. The Labute approximate surface area is 141 Å². The summed E-state index contributed by atoms with van der Waals surface area (Å²) in [6.07, 6.45) is 0. The average molecular weight is 330 g/mol. The second kappa shape index (κ2) is 7.16. The van der Waals surface area contributed by atoms with Crippen molar-refractivity contribution in [1.82, 2.24) is 10.2 Å². The predicted octanol–water partition coefficient (Wildman–Crippen LogP) is 3.22. The van der Waals surface area contributed by atoms with Gasteiger partial charge in [-0.3, -0.25) is 4.79 Å². The van der Waals surface area contributed by atoms with Crippen molar-refractivity contribution in [2.24, 2.45) is 5.41 Å². The molecule has 2 N–H and O–H groups in total. The summed E-state index contributed by atoms with van der Waals surface area (Å²) in [6.45, 7) is 5.50. The topological polar surface area (TPSA) is 85.4 Å². The molecule has 0 aliphatic heterocycles. The zero-order chi connectivity index (χ0) is 17.7. The number of nitrogens with zero attached hydrogens (tertiary/aromatic N) is 2. The molecule has 0 saturated carbocycles. The Hall–Kier alpha value is -2.83. The molecule has 2 rings (SSSR count). The smallest absolute Gasteiger partial charge is 0.230 e. The van der Waals surface area contributed by atoms with Crippen molar-refractivity contribution in [2.75, 3.05) is 24.9 Å². The summed E-state index contributed by atoms with van der Waals surface area (Å²) in [5.74, 6) is 2.15. The van der Waals surface area contributed by atoms with Crippen molar-refractivity contribution < 1.29 is 14.3 Å². The average Bonchev–Trinajstić information content (AvgIpc) is 2.56. The Bertz CT molecular complexity index is 709. The fraction of sp³-hybridized carbons (Fsp3) is 0.353. The molecule has 0 saturated heterocycles. The van der Waals surface area contributed by atoms with Gasteiger partial charge in [-0.25, -0.2) is 0 Å². The number of methoxy groups -OCH3 is 2. The van der Waals surface area contributed by atoms with Crippen LogP contribution in [-0.2, 0) is 4.79 Å². The van der Waals surface area contributed by atoms with Crippen molar-refractivity contribution in [3.8, 4) is 11.5 Å². The van der Waals surface area contributed by atoms with Gasteiger partial charge in [-0.05, 0) is 24.3 Å². The Kier molecular flexibility index (Phi) is 5.23. The summed E-state index contributed by atoms with van der Waals surface area (Å²) < 4.78 is 10.5. The molecule has 0 unspecified atom stereocenters. The molecule has 0 aliphatic carbocycles. The number of carbonyl (C=O) groups is 1. The highest BCUT2D eigenvalue weighted by molar-refractivity contribution is 5.93. The molecule has 0 spiro atoms. The first-order chi connectivity index (χ1) is 11.3. The van der Waals surface area contributed by atoms with Crippen LogP contribution < -0.4 is 20.1 Å². The number of benzene rings is 1. The lowest BCUT2D eigenvalue weighted by atomic mass is 9.96. The zero-order valence-electron chi connectivity index (χ0n) is 14.5. The molecule has 2 aromatic rings. The SMILES string of the molecule is COc1ccc(Nc2ccc(NC(=O)C(C)(C)C)nn2)c(OC)c1. The van der Waals surface area contributed by atoms with Crippen LogP contribution in [0.5, 0.6) is 11.5 Å². The summed E-state index contributed by atoms with van der Waals surface area (Å²) in [5, 5.41) is 13.9. The third-order valence-electron chi connectivity index (χ3n) is 3.26. The number of amides is 1. The molecule has 0 fully saturated rings. The van der Waals surface area contributed by atoms with E-state index in [-0.39, 0.29) is 5.91 Å². The Morgan fingerprint density at radius 1 is 1.00 bits per heavy atom. The lowest BCUT2D eigenvalue weighted by Gasteiger charge is -2.17. The quantitative estimate of drug-likeness (QED) is 0.875. The third kappa shape index (κ3) is 4.34. The number of aromatic nitrogens is 2. The summed E-state index contributed by atoms with van der Waals surface area (Å²) in [7, 11) is 3.18. The van der Waals surface area contributed by atoms with Gasteiger partial charge in [-0.15, -0.1) is 10.2 Å². The summed E-state index contributed by atoms with van der Waals surface area (Å²) in [6, 6.07) is 8.84. The fourth-order valence-electron chi connectivity index (χ4n) is 1.81. The molecular formula is C17H22N4O3. The van der Waals surface area contributed by atoms with Gasteiger partial charge in [0.25, 0.3) is 0 Å². The van der Waals surface area contributed by atoms with E-state index in [1.54, 1.807) is 32.4 Å². The minimum absolute atomic E-state index is 0.116. The van der Waals surface area contributed by atoms with Crippen LogP contribution in [0.4, 0.5) is 17.3 Å². The van der Waals surface area contributed by atoms with Crippen LogP contribution in [0.3, 0.4) is 0 Å². The van der Waals surface area contributed by atoms with E-state index in [0.717, 1.165) is 5.69 Å². The van der Waals surface area contributed by atoms with E-state index in [0.29, 0.717) is 23.1 Å². The molecular weight excluding hydrogens is 308 g/mol. The Morgan fingerprint density at radius 2 is 1.67 bits per heavy atom. The first-order valence-electron chi connectivity index (χ1n) is 7.47. The lowest BCUT2D eigenvalue weighted by Crippen LogP contribution is -2.28. The van der Waals surface area contributed by atoms with Crippen molar-refractivity contribution >= 4 is 23.2 Å². The lowest BCUT2D eigenvalue weighted by molar-refractivity contribution is -0.123. The van der Waals surface area contributed by atoms with E-state index < -0.39 is 5.41 Å². The second-order valence-corrected chi connectivity index (χ2v) is 6.20. The maximum atomic E-state index is 11.9. The van der Waals surface area contributed by atoms with E-state index >= 15 is 0 Å². The van der Waals surface area contributed by atoms with Crippen LogP contribution in [0.1, 0.15) is 20.8 Å². The van der Waals surface area contributed by atoms with Crippen molar-refractivity contribution in [2.45, 2.75) is 20.8 Å². The van der Waals surface area contributed by atoms with Crippen LogP contribution in [-0.4, -0.2) is 30.3 Å². The van der Waals surface area contributed by atoms with Gasteiger partial charge >= 0.3 is 0 Å². The molecule has 1 aromatic carbocycles. The van der Waals surface area contributed by atoms with Gasteiger partial charge in [0, 0.05) is 11.5 Å². The molecule has 0 aliphatic rings. The maximum Gasteiger partial charge on any atom is 0.230 e. The van der Waals surface area contributed by atoms with Gasteiger partial charge in [0.1, 0.15) is 11.5 Å². The van der Waals surface area contributed by atoms with Crippen LogP contribution >= 0.6 is 0 Å². The molecule has 1 aromatic heterocycles. The van der Waals surface area contributed by atoms with Crippen molar-refractivity contribution in [3.05, 3.63) is 30.3 Å². The Morgan fingerprint density at radius 3 is 2.21 bits per heavy atom. The van der Waals surface area contributed by atoms with Gasteiger partial charge in [-0.2, -0.15) is 0 Å². The maximum absolute atomic E-state index is 11.9. The van der Waals surface area contributed by atoms with Crippen LogP contribution in [0.2, 0.25) is 0 Å². The first-order valence-corrected chi connectivity index (χ1v) is 7.47. The molecule has 24 heavy (non-hydrogen) atoms.